The molecule has 38 heavy (non-hydrogen) atoms. The van der Waals surface area contributed by atoms with Crippen molar-refractivity contribution in [1.82, 2.24) is 5.32 Å². The van der Waals surface area contributed by atoms with Crippen LogP contribution in [0.4, 0.5) is 0 Å². The minimum Gasteiger partial charge on any atom is -0.394 e. The number of fused-ring (bicyclic) bond motifs is 1. The second-order valence-electron chi connectivity index (χ2n) is 10.5. The van der Waals surface area contributed by atoms with Gasteiger partial charge in [0.05, 0.1) is 30.9 Å². The molecule has 15 atom stereocenters. The predicted octanol–water partition coefficient (Wildman–Crippen LogP) is -5.58. The maximum atomic E-state index is 11.2. The first-order valence-corrected chi connectivity index (χ1v) is 13.0. The lowest BCUT2D eigenvalue weighted by atomic mass is 9.88. The Kier molecular flexibility index (Phi) is 9.78. The third kappa shape index (κ3) is 6.22. The quantitative estimate of drug-likeness (QED) is 0.105. The van der Waals surface area contributed by atoms with E-state index in [0.29, 0.717) is 12.8 Å². The summed E-state index contributed by atoms with van der Waals surface area (Å²) in [5.41, 5.74) is 29.4. The summed E-state index contributed by atoms with van der Waals surface area (Å²) in [5.74, 6) is -0.340. The first-order valence-electron chi connectivity index (χ1n) is 13.0. The molecule has 0 bridgehead atoms. The van der Waals surface area contributed by atoms with Gasteiger partial charge in [0.15, 0.2) is 24.8 Å². The van der Waals surface area contributed by atoms with Crippen LogP contribution in [0.25, 0.3) is 0 Å². The lowest BCUT2D eigenvalue weighted by Crippen LogP contribution is -2.69. The largest absolute Gasteiger partial charge is 0.394 e. The fourth-order valence-corrected chi connectivity index (χ4v) is 5.67. The monoisotopic (exact) mass is 549 g/mol. The third-order valence-electron chi connectivity index (χ3n) is 7.75. The molecule has 220 valence electrons. The Morgan fingerprint density at radius 1 is 0.895 bits per heavy atom. The van der Waals surface area contributed by atoms with Crippen LogP contribution in [-0.2, 0) is 23.7 Å². The molecule has 0 aromatic carbocycles. The second-order valence-corrected chi connectivity index (χ2v) is 10.5. The van der Waals surface area contributed by atoms with Gasteiger partial charge >= 0.3 is 0 Å². The summed E-state index contributed by atoms with van der Waals surface area (Å²) in [6.45, 7) is -0.555. The Bertz CT molecular complexity index is 807. The number of aliphatic imine (C=N–C) groups is 1. The molecule has 1 aliphatic carbocycles. The summed E-state index contributed by atoms with van der Waals surface area (Å²) in [6.07, 6.45) is -7.98. The van der Waals surface area contributed by atoms with Crippen molar-refractivity contribution in [2.45, 2.75) is 117 Å². The summed E-state index contributed by atoms with van der Waals surface area (Å²) < 4.78 is 29.9. The summed E-state index contributed by atoms with van der Waals surface area (Å²) in [4.78, 5) is 3.85. The molecule has 3 heterocycles. The summed E-state index contributed by atoms with van der Waals surface area (Å²) in [5, 5.41) is 45.1. The van der Waals surface area contributed by atoms with E-state index in [2.05, 4.69) is 10.3 Å². The number of aliphatic hydroxyl groups excluding tert-OH is 4. The Hall–Kier alpha value is -1.25. The van der Waals surface area contributed by atoms with E-state index < -0.39 is 80.2 Å². The van der Waals surface area contributed by atoms with Gasteiger partial charge in [0.1, 0.15) is 36.6 Å². The zero-order valence-corrected chi connectivity index (χ0v) is 21.4. The molecule has 0 aromatic rings. The number of rotatable bonds is 7. The van der Waals surface area contributed by atoms with Crippen LogP contribution in [0.1, 0.15) is 25.7 Å². The van der Waals surface area contributed by atoms with E-state index in [0.717, 1.165) is 6.42 Å². The van der Waals surface area contributed by atoms with E-state index >= 15 is 0 Å². The molecule has 16 heteroatoms. The first-order chi connectivity index (χ1) is 18.0. The van der Waals surface area contributed by atoms with Gasteiger partial charge in [-0.05, 0) is 32.7 Å². The molecule has 0 amide bonds. The van der Waals surface area contributed by atoms with Gasteiger partial charge in [-0.3, -0.25) is 0 Å². The normalized spacial score (nSPS) is 49.7. The van der Waals surface area contributed by atoms with Crippen LogP contribution in [0.5, 0.6) is 0 Å². The number of nitrogens with zero attached hydrogens (tertiary/aromatic N) is 1. The van der Waals surface area contributed by atoms with Gasteiger partial charge in [-0.25, -0.2) is 4.99 Å². The second kappa shape index (κ2) is 12.5. The maximum absolute atomic E-state index is 11.2. The fraction of sp³-hybridized carbons (Fsp3) is 0.955. The van der Waals surface area contributed by atoms with Crippen molar-refractivity contribution in [3.63, 3.8) is 0 Å². The number of hydrogen-bond donors (Lipinski definition) is 10. The average Bonchev–Trinajstić information content (AvgIpc) is 2.86. The minimum absolute atomic E-state index is 0.0369. The van der Waals surface area contributed by atoms with Crippen LogP contribution in [0.2, 0.25) is 0 Å². The predicted molar refractivity (Wildman–Crippen MR) is 132 cm³/mol. The van der Waals surface area contributed by atoms with Crippen molar-refractivity contribution in [2.75, 3.05) is 13.7 Å². The fourth-order valence-electron chi connectivity index (χ4n) is 5.67. The standard InChI is InChI=1S/C22H43N7O9/c1-28-14-16(32)18-11(5-9(25)19(37-18)34-10-3-2-7(23)4-8(10)24)35-20(14)38-21-17(33)15(31)13(29-22(26)27)12(6-30)36-21/h7-21,28,30-33H,2-6,23-25H2,1H3,(H4,26,27,29)/t7-,8?,9?,10-,11-,12?,13+,14?,15?,16?,17?,18?,19-,20?,21+/m0/s1. The third-order valence-corrected chi connectivity index (χ3v) is 7.75. The van der Waals surface area contributed by atoms with E-state index in [-0.39, 0.29) is 30.6 Å². The lowest BCUT2D eigenvalue weighted by Gasteiger charge is -2.51. The molecule has 4 aliphatic rings. The van der Waals surface area contributed by atoms with Gasteiger partial charge in [0.25, 0.3) is 0 Å². The van der Waals surface area contributed by atoms with Crippen molar-refractivity contribution < 1.29 is 44.1 Å². The smallest absolute Gasteiger partial charge is 0.189 e. The number of likely N-dealkylation sites (N-methyl/N-ethyl adjacent to an activating group) is 1. The minimum atomic E-state index is -1.59. The van der Waals surface area contributed by atoms with Gasteiger partial charge in [-0.2, -0.15) is 0 Å². The molecule has 1 saturated carbocycles. The highest BCUT2D eigenvalue weighted by Crippen LogP contribution is 2.35. The van der Waals surface area contributed by atoms with Crippen LogP contribution in [0.15, 0.2) is 4.99 Å². The summed E-state index contributed by atoms with van der Waals surface area (Å²) >= 11 is 0. The van der Waals surface area contributed by atoms with E-state index in [1.165, 1.54) is 0 Å². The van der Waals surface area contributed by atoms with Gasteiger partial charge in [0.2, 0.25) is 0 Å². The van der Waals surface area contributed by atoms with E-state index in [1.807, 2.05) is 0 Å². The van der Waals surface area contributed by atoms with Gasteiger partial charge in [-0.1, -0.05) is 0 Å². The van der Waals surface area contributed by atoms with Crippen LogP contribution in [-0.4, -0.2) is 132 Å². The molecule has 3 aliphatic heterocycles. The molecule has 3 saturated heterocycles. The van der Waals surface area contributed by atoms with Crippen LogP contribution in [0.3, 0.4) is 0 Å². The molecule has 0 aromatic heterocycles. The molecule has 4 fully saturated rings. The summed E-state index contributed by atoms with van der Waals surface area (Å²) in [7, 11) is 1.60. The van der Waals surface area contributed by atoms with Crippen molar-refractivity contribution >= 4 is 5.96 Å². The molecule has 0 spiro atoms. The number of nitrogens with two attached hydrogens (primary N) is 5. The highest BCUT2D eigenvalue weighted by Gasteiger charge is 2.53. The SMILES string of the molecule is CNC1C(O[C@H]2OC(CO)[C@@H](N=C(N)N)C(O)C2O)O[C@H]2CC(N)[C@@H](O[C@H]3CC[C@H](N)CC3N)OC2C1O. The van der Waals surface area contributed by atoms with Crippen LogP contribution < -0.4 is 34.0 Å². The molecule has 15 N–H and O–H groups in total. The Labute approximate surface area is 220 Å². The molecular formula is C22H43N7O9. The number of hydrogen-bond acceptors (Lipinski definition) is 14. The lowest BCUT2D eigenvalue weighted by molar-refractivity contribution is -0.371. The molecule has 9 unspecified atom stereocenters. The Balaban J connectivity index is 1.42. The highest BCUT2D eigenvalue weighted by atomic mass is 16.8. The molecule has 16 nitrogen and oxygen atoms in total. The number of guanidine groups is 1. The van der Waals surface area contributed by atoms with Crippen molar-refractivity contribution in [1.29, 1.82) is 0 Å². The zero-order valence-electron chi connectivity index (χ0n) is 21.4. The van der Waals surface area contributed by atoms with E-state index in [1.54, 1.807) is 7.05 Å². The zero-order chi connectivity index (χ0) is 27.7. The van der Waals surface area contributed by atoms with Crippen LogP contribution in [0, 0.1) is 0 Å². The number of aliphatic hydroxyl groups is 4. The van der Waals surface area contributed by atoms with Crippen molar-refractivity contribution in [3.05, 3.63) is 0 Å². The summed E-state index contributed by atoms with van der Waals surface area (Å²) in [6, 6.07) is -2.71. The van der Waals surface area contributed by atoms with E-state index in [9.17, 15) is 20.4 Å². The molecule has 0 radical (unpaired) electrons. The highest BCUT2D eigenvalue weighted by molar-refractivity contribution is 5.76. The molecule has 4 rings (SSSR count). The number of ether oxygens (including phenoxy) is 5. The average molecular weight is 550 g/mol. The Morgan fingerprint density at radius 2 is 1.63 bits per heavy atom. The molecular weight excluding hydrogens is 506 g/mol. The van der Waals surface area contributed by atoms with Gasteiger partial charge in [0, 0.05) is 12.1 Å². The topological polar surface area (TPSA) is 282 Å². The Morgan fingerprint density at radius 3 is 2.26 bits per heavy atom. The van der Waals surface area contributed by atoms with E-state index in [4.69, 9.17) is 52.4 Å². The van der Waals surface area contributed by atoms with Gasteiger partial charge in [-0.15, -0.1) is 0 Å². The first kappa shape index (κ1) is 29.7. The van der Waals surface area contributed by atoms with Gasteiger partial charge < -0.3 is 78.1 Å². The maximum Gasteiger partial charge on any atom is 0.189 e. The number of nitrogens with one attached hydrogen (secondary N) is 1. The van der Waals surface area contributed by atoms with Crippen LogP contribution >= 0.6 is 0 Å². The van der Waals surface area contributed by atoms with Crippen molar-refractivity contribution in [3.8, 4) is 0 Å². The van der Waals surface area contributed by atoms with Crippen molar-refractivity contribution in [2.24, 2.45) is 33.7 Å².